The van der Waals surface area contributed by atoms with E-state index >= 15 is 0 Å². The molecule has 1 aliphatic carbocycles. The Morgan fingerprint density at radius 2 is 1.92 bits per heavy atom. The van der Waals surface area contributed by atoms with E-state index in [2.05, 4.69) is 27.5 Å². The summed E-state index contributed by atoms with van der Waals surface area (Å²) < 4.78 is 0. The largest absolute Gasteiger partial charge is 0.351 e. The lowest BCUT2D eigenvalue weighted by Gasteiger charge is -2.16. The third-order valence-electron chi connectivity index (χ3n) is 5.06. The molecule has 1 heterocycles. The van der Waals surface area contributed by atoms with Gasteiger partial charge in [0.15, 0.2) is 0 Å². The van der Waals surface area contributed by atoms with Gasteiger partial charge in [0.05, 0.1) is 0 Å². The van der Waals surface area contributed by atoms with Crippen LogP contribution in [0.15, 0.2) is 30.5 Å². The van der Waals surface area contributed by atoms with Gasteiger partial charge in [0.1, 0.15) is 5.69 Å². The standard InChI is InChI=1S/C21H28N4O/c1-3-16-10-8-9-15(2)19(16)25-20(26)18-13-14-22-21(24-18)23-17-11-6-4-5-7-12-17/h8-10,13-14,17H,3-7,11-12H2,1-2H3,(H,25,26)(H,22,23,24). The van der Waals surface area contributed by atoms with E-state index in [0.717, 1.165) is 36.1 Å². The van der Waals surface area contributed by atoms with E-state index < -0.39 is 0 Å². The van der Waals surface area contributed by atoms with Crippen LogP contribution in [0.5, 0.6) is 0 Å². The summed E-state index contributed by atoms with van der Waals surface area (Å²) in [7, 11) is 0. The number of nitrogens with one attached hydrogen (secondary N) is 2. The van der Waals surface area contributed by atoms with E-state index in [4.69, 9.17) is 0 Å². The van der Waals surface area contributed by atoms with E-state index in [1.54, 1.807) is 12.3 Å². The van der Waals surface area contributed by atoms with Crippen LogP contribution in [0.25, 0.3) is 0 Å². The Balaban J connectivity index is 1.72. The highest BCUT2D eigenvalue weighted by molar-refractivity contribution is 6.03. The van der Waals surface area contributed by atoms with E-state index in [-0.39, 0.29) is 5.91 Å². The van der Waals surface area contributed by atoms with Crippen LogP contribution in [-0.4, -0.2) is 21.9 Å². The molecular formula is C21H28N4O. The van der Waals surface area contributed by atoms with Gasteiger partial charge < -0.3 is 10.6 Å². The van der Waals surface area contributed by atoms with Crippen LogP contribution in [0.4, 0.5) is 11.6 Å². The summed E-state index contributed by atoms with van der Waals surface area (Å²) >= 11 is 0. The lowest BCUT2D eigenvalue weighted by atomic mass is 10.1. The van der Waals surface area contributed by atoms with Gasteiger partial charge in [-0.25, -0.2) is 9.97 Å². The maximum absolute atomic E-state index is 12.7. The molecule has 0 bridgehead atoms. The van der Waals surface area contributed by atoms with Crippen molar-refractivity contribution in [2.75, 3.05) is 10.6 Å². The van der Waals surface area contributed by atoms with Gasteiger partial charge in [-0.3, -0.25) is 4.79 Å². The molecule has 0 spiro atoms. The molecule has 138 valence electrons. The van der Waals surface area contributed by atoms with Gasteiger partial charge in [0, 0.05) is 17.9 Å². The summed E-state index contributed by atoms with van der Waals surface area (Å²) in [5, 5.41) is 6.44. The molecule has 1 aromatic carbocycles. The Kier molecular flexibility index (Phi) is 6.21. The van der Waals surface area contributed by atoms with Crippen molar-refractivity contribution in [2.24, 2.45) is 0 Å². The second-order valence-electron chi connectivity index (χ2n) is 7.02. The third kappa shape index (κ3) is 4.59. The maximum Gasteiger partial charge on any atom is 0.274 e. The fraction of sp³-hybridized carbons (Fsp3) is 0.476. The van der Waals surface area contributed by atoms with Crippen molar-refractivity contribution in [3.8, 4) is 0 Å². The molecule has 5 nitrogen and oxygen atoms in total. The van der Waals surface area contributed by atoms with Gasteiger partial charge in [0.2, 0.25) is 5.95 Å². The predicted octanol–water partition coefficient (Wildman–Crippen LogP) is 4.73. The normalized spacial score (nSPS) is 15.3. The molecule has 1 amide bonds. The number of rotatable bonds is 5. The summed E-state index contributed by atoms with van der Waals surface area (Å²) in [6.45, 7) is 4.09. The highest BCUT2D eigenvalue weighted by atomic mass is 16.1. The summed E-state index contributed by atoms with van der Waals surface area (Å²) in [5.74, 6) is 0.352. The van der Waals surface area contributed by atoms with Crippen molar-refractivity contribution in [3.63, 3.8) is 0 Å². The van der Waals surface area contributed by atoms with Gasteiger partial charge in [0.25, 0.3) is 5.91 Å². The number of aromatic nitrogens is 2. The zero-order valence-electron chi connectivity index (χ0n) is 15.7. The van der Waals surface area contributed by atoms with Gasteiger partial charge in [-0.15, -0.1) is 0 Å². The SMILES string of the molecule is CCc1cccc(C)c1NC(=O)c1ccnc(NC2CCCCCC2)n1. The quantitative estimate of drug-likeness (QED) is 0.763. The average Bonchev–Trinajstić information content (AvgIpc) is 2.92. The smallest absolute Gasteiger partial charge is 0.274 e. The molecule has 1 fully saturated rings. The van der Waals surface area contributed by atoms with Gasteiger partial charge in [-0.2, -0.15) is 0 Å². The number of amides is 1. The van der Waals surface area contributed by atoms with Gasteiger partial charge in [-0.1, -0.05) is 50.8 Å². The minimum absolute atomic E-state index is 0.194. The van der Waals surface area contributed by atoms with E-state index in [1.807, 2.05) is 25.1 Å². The molecular weight excluding hydrogens is 324 g/mol. The third-order valence-corrected chi connectivity index (χ3v) is 5.06. The number of aryl methyl sites for hydroxylation is 2. The molecule has 26 heavy (non-hydrogen) atoms. The summed E-state index contributed by atoms with van der Waals surface area (Å²) in [6, 6.07) is 8.13. The molecule has 0 radical (unpaired) electrons. The lowest BCUT2D eigenvalue weighted by molar-refractivity contribution is 0.102. The van der Waals surface area contributed by atoms with E-state index in [1.165, 1.54) is 25.7 Å². The Bertz CT molecular complexity index is 751. The molecule has 3 rings (SSSR count). The molecule has 2 aromatic rings. The van der Waals surface area contributed by atoms with Crippen LogP contribution in [0.2, 0.25) is 0 Å². The maximum atomic E-state index is 12.7. The molecule has 5 heteroatoms. The van der Waals surface area contributed by atoms with Gasteiger partial charge >= 0.3 is 0 Å². The molecule has 0 atom stereocenters. The Morgan fingerprint density at radius 1 is 1.15 bits per heavy atom. The van der Waals surface area contributed by atoms with Crippen molar-refractivity contribution in [3.05, 3.63) is 47.3 Å². The first kappa shape index (κ1) is 18.4. The van der Waals surface area contributed by atoms with Crippen molar-refractivity contribution < 1.29 is 4.79 Å². The number of hydrogen-bond acceptors (Lipinski definition) is 4. The fourth-order valence-electron chi connectivity index (χ4n) is 3.54. The number of para-hydroxylation sites is 1. The molecule has 0 saturated heterocycles. The number of benzene rings is 1. The van der Waals surface area contributed by atoms with Crippen LogP contribution >= 0.6 is 0 Å². The number of anilines is 2. The number of carbonyl (C=O) groups excluding carboxylic acids is 1. The molecule has 2 N–H and O–H groups in total. The van der Waals surface area contributed by atoms with Crippen LogP contribution in [-0.2, 0) is 6.42 Å². The number of carbonyl (C=O) groups is 1. The highest BCUT2D eigenvalue weighted by Gasteiger charge is 2.16. The summed E-state index contributed by atoms with van der Waals surface area (Å²) in [5.41, 5.74) is 3.46. The van der Waals surface area contributed by atoms with Crippen molar-refractivity contribution in [2.45, 2.75) is 64.8 Å². The lowest BCUT2D eigenvalue weighted by Crippen LogP contribution is -2.22. The topological polar surface area (TPSA) is 66.9 Å². The van der Waals surface area contributed by atoms with Crippen LogP contribution in [0, 0.1) is 6.92 Å². The van der Waals surface area contributed by atoms with Crippen LogP contribution in [0.1, 0.15) is 67.1 Å². The first-order valence-electron chi connectivity index (χ1n) is 9.67. The number of hydrogen-bond donors (Lipinski definition) is 2. The first-order chi connectivity index (χ1) is 12.7. The number of nitrogens with zero attached hydrogens (tertiary/aromatic N) is 2. The minimum Gasteiger partial charge on any atom is -0.351 e. The zero-order valence-corrected chi connectivity index (χ0v) is 15.7. The Hall–Kier alpha value is -2.43. The molecule has 1 aromatic heterocycles. The predicted molar refractivity (Wildman–Crippen MR) is 106 cm³/mol. The highest BCUT2D eigenvalue weighted by Crippen LogP contribution is 2.22. The van der Waals surface area contributed by atoms with Crippen LogP contribution < -0.4 is 10.6 Å². The summed E-state index contributed by atoms with van der Waals surface area (Å²) in [6.07, 6.45) is 9.89. The van der Waals surface area contributed by atoms with E-state index in [9.17, 15) is 4.79 Å². The summed E-state index contributed by atoms with van der Waals surface area (Å²) in [4.78, 5) is 21.5. The van der Waals surface area contributed by atoms with Crippen molar-refractivity contribution in [1.82, 2.24) is 9.97 Å². The monoisotopic (exact) mass is 352 g/mol. The van der Waals surface area contributed by atoms with Crippen molar-refractivity contribution >= 4 is 17.5 Å². The molecule has 0 aliphatic heterocycles. The second kappa shape index (κ2) is 8.79. The zero-order chi connectivity index (χ0) is 18.4. The van der Waals surface area contributed by atoms with Crippen molar-refractivity contribution in [1.29, 1.82) is 0 Å². The Labute approximate surface area is 155 Å². The van der Waals surface area contributed by atoms with Gasteiger partial charge in [-0.05, 0) is 43.4 Å². The average molecular weight is 352 g/mol. The Morgan fingerprint density at radius 3 is 2.65 bits per heavy atom. The molecule has 1 aliphatic rings. The fourth-order valence-corrected chi connectivity index (χ4v) is 3.54. The second-order valence-corrected chi connectivity index (χ2v) is 7.02. The molecule has 0 unspecified atom stereocenters. The molecule has 1 saturated carbocycles. The first-order valence-corrected chi connectivity index (χ1v) is 9.67. The van der Waals surface area contributed by atoms with E-state index in [0.29, 0.717) is 17.7 Å². The van der Waals surface area contributed by atoms with Crippen LogP contribution in [0.3, 0.4) is 0 Å². The minimum atomic E-state index is -0.194.